The second kappa shape index (κ2) is 7.85. The Morgan fingerprint density at radius 2 is 2.04 bits per heavy atom. The first kappa shape index (κ1) is 19.2. The van der Waals surface area contributed by atoms with E-state index in [2.05, 4.69) is 10.6 Å². The highest BCUT2D eigenvalue weighted by atomic mass is 32.2. The first-order valence-electron chi connectivity index (χ1n) is 7.35. The third kappa shape index (κ3) is 4.30. The summed E-state index contributed by atoms with van der Waals surface area (Å²) in [5.74, 6) is -3.87. The molecule has 0 radical (unpaired) electrons. The van der Waals surface area contributed by atoms with E-state index in [1.54, 1.807) is 0 Å². The Bertz CT molecular complexity index is 772. The van der Waals surface area contributed by atoms with Gasteiger partial charge in [-0.2, -0.15) is 4.31 Å². The fraction of sp³-hybridized carbons (Fsp3) is 0.429. The van der Waals surface area contributed by atoms with Gasteiger partial charge in [0.2, 0.25) is 10.0 Å². The molecule has 0 saturated carbocycles. The lowest BCUT2D eigenvalue weighted by atomic mass is 10.3. The number of carbonyl (C=O) groups is 2. The van der Waals surface area contributed by atoms with Crippen LogP contribution in [0.15, 0.2) is 23.1 Å². The second-order valence-electron chi connectivity index (χ2n) is 5.16. The van der Waals surface area contributed by atoms with Crippen LogP contribution in [0.1, 0.15) is 6.42 Å². The van der Waals surface area contributed by atoms with Crippen LogP contribution in [-0.4, -0.2) is 57.5 Å². The van der Waals surface area contributed by atoms with E-state index in [0.717, 1.165) is 16.4 Å². The summed E-state index contributed by atoms with van der Waals surface area (Å²) in [6, 6.07) is 2.11. The van der Waals surface area contributed by atoms with Crippen LogP contribution in [0.5, 0.6) is 0 Å². The highest BCUT2D eigenvalue weighted by Crippen LogP contribution is 2.24. The highest BCUT2D eigenvalue weighted by Gasteiger charge is 2.36. The molecule has 25 heavy (non-hydrogen) atoms. The predicted molar refractivity (Wildman–Crippen MR) is 81.7 cm³/mol. The zero-order valence-corrected chi connectivity index (χ0v) is 14.1. The number of nitrogens with zero attached hydrogens (tertiary/aromatic N) is 1. The molecule has 2 amide bonds. The molecule has 138 valence electrons. The van der Waals surface area contributed by atoms with Gasteiger partial charge >= 0.3 is 11.8 Å². The fourth-order valence-corrected chi connectivity index (χ4v) is 3.92. The number of nitrogens with one attached hydrogen (secondary N) is 2. The van der Waals surface area contributed by atoms with Crippen molar-refractivity contribution >= 4 is 21.8 Å². The lowest BCUT2D eigenvalue weighted by Gasteiger charge is -2.34. The van der Waals surface area contributed by atoms with Gasteiger partial charge in [0.1, 0.15) is 22.8 Å². The standard InChI is InChI=1S/C14H17F2N3O5S/c1-17-13(20)14(21)18-8-12-19(5-2-6-24-12)25(22,23)11-7-9(15)3-4-10(11)16/h3-4,7,12H,2,5-6,8H2,1H3,(H,17,20)(H,18,21)/t12-/m0/s1. The summed E-state index contributed by atoms with van der Waals surface area (Å²) >= 11 is 0. The number of benzene rings is 1. The molecule has 1 heterocycles. The SMILES string of the molecule is CNC(=O)C(=O)NC[C@@H]1OCCCN1S(=O)(=O)c1cc(F)ccc1F. The maximum absolute atomic E-state index is 13.9. The largest absolute Gasteiger partial charge is 0.360 e. The fourth-order valence-electron chi connectivity index (χ4n) is 2.28. The topological polar surface area (TPSA) is 105 Å². The number of halogens is 2. The van der Waals surface area contributed by atoms with Gasteiger partial charge in [0.25, 0.3) is 0 Å². The van der Waals surface area contributed by atoms with E-state index in [4.69, 9.17) is 4.74 Å². The van der Waals surface area contributed by atoms with E-state index in [0.29, 0.717) is 12.5 Å². The first-order chi connectivity index (χ1) is 11.8. The molecule has 0 aliphatic carbocycles. The predicted octanol–water partition coefficient (Wildman–Crippen LogP) is -0.436. The quantitative estimate of drug-likeness (QED) is 0.693. The molecular weight excluding hydrogens is 360 g/mol. The summed E-state index contributed by atoms with van der Waals surface area (Å²) < 4.78 is 58.7. The van der Waals surface area contributed by atoms with Crippen LogP contribution in [0, 0.1) is 11.6 Å². The van der Waals surface area contributed by atoms with Crippen LogP contribution in [0.2, 0.25) is 0 Å². The van der Waals surface area contributed by atoms with Gasteiger partial charge < -0.3 is 15.4 Å². The van der Waals surface area contributed by atoms with Crippen LogP contribution in [0.3, 0.4) is 0 Å². The van der Waals surface area contributed by atoms with Crippen molar-refractivity contribution in [2.45, 2.75) is 17.5 Å². The molecule has 2 rings (SSSR count). The van der Waals surface area contributed by atoms with E-state index in [-0.39, 0.29) is 19.7 Å². The lowest BCUT2D eigenvalue weighted by molar-refractivity contribution is -0.139. The average molecular weight is 377 g/mol. The normalized spacial score (nSPS) is 18.6. The Morgan fingerprint density at radius 1 is 1.32 bits per heavy atom. The zero-order chi connectivity index (χ0) is 18.6. The lowest BCUT2D eigenvalue weighted by Crippen LogP contribution is -2.53. The van der Waals surface area contributed by atoms with Crippen LogP contribution < -0.4 is 10.6 Å². The Kier molecular flexibility index (Phi) is 6.03. The van der Waals surface area contributed by atoms with Crippen molar-refractivity contribution in [3.63, 3.8) is 0 Å². The Balaban J connectivity index is 2.23. The number of likely N-dealkylation sites (N-methyl/N-ethyl adjacent to an activating group) is 1. The van der Waals surface area contributed by atoms with Gasteiger partial charge in [-0.25, -0.2) is 17.2 Å². The summed E-state index contributed by atoms with van der Waals surface area (Å²) in [6.45, 7) is -0.0978. The molecule has 0 bridgehead atoms. The molecule has 1 atom stereocenters. The number of rotatable bonds is 4. The minimum absolute atomic E-state index is 0.00119. The van der Waals surface area contributed by atoms with Gasteiger partial charge in [0, 0.05) is 13.6 Å². The minimum atomic E-state index is -4.40. The van der Waals surface area contributed by atoms with Crippen molar-refractivity contribution in [2.75, 3.05) is 26.7 Å². The van der Waals surface area contributed by atoms with E-state index in [1.807, 2.05) is 0 Å². The smallest absolute Gasteiger partial charge is 0.309 e. The third-order valence-corrected chi connectivity index (χ3v) is 5.41. The Hall–Kier alpha value is -2.11. The molecule has 0 unspecified atom stereocenters. The van der Waals surface area contributed by atoms with Gasteiger partial charge in [-0.05, 0) is 24.6 Å². The van der Waals surface area contributed by atoms with Crippen LogP contribution in [-0.2, 0) is 24.3 Å². The van der Waals surface area contributed by atoms with E-state index >= 15 is 0 Å². The number of sulfonamides is 1. The first-order valence-corrected chi connectivity index (χ1v) is 8.79. The number of carbonyl (C=O) groups excluding carboxylic acids is 2. The molecule has 11 heteroatoms. The molecule has 1 saturated heterocycles. The molecule has 1 aromatic carbocycles. The van der Waals surface area contributed by atoms with Gasteiger partial charge in [-0.1, -0.05) is 0 Å². The maximum atomic E-state index is 13.9. The second-order valence-corrected chi connectivity index (χ2v) is 7.02. The van der Waals surface area contributed by atoms with Crippen molar-refractivity contribution < 1.29 is 31.5 Å². The molecular formula is C14H17F2N3O5S. The Labute approximate surface area is 143 Å². The highest BCUT2D eigenvalue weighted by molar-refractivity contribution is 7.89. The van der Waals surface area contributed by atoms with Gasteiger partial charge in [0.05, 0.1) is 13.2 Å². The third-order valence-electron chi connectivity index (χ3n) is 3.50. The molecule has 1 aromatic rings. The van der Waals surface area contributed by atoms with Crippen LogP contribution in [0.25, 0.3) is 0 Å². The van der Waals surface area contributed by atoms with Crippen molar-refractivity contribution in [3.8, 4) is 0 Å². The average Bonchev–Trinajstić information content (AvgIpc) is 2.61. The summed E-state index contributed by atoms with van der Waals surface area (Å²) in [7, 11) is -3.13. The minimum Gasteiger partial charge on any atom is -0.360 e. The van der Waals surface area contributed by atoms with Gasteiger partial charge in [-0.15, -0.1) is 0 Å². The van der Waals surface area contributed by atoms with Gasteiger partial charge in [-0.3, -0.25) is 9.59 Å². The van der Waals surface area contributed by atoms with Crippen molar-refractivity contribution in [2.24, 2.45) is 0 Å². The molecule has 0 aromatic heterocycles. The van der Waals surface area contributed by atoms with Crippen molar-refractivity contribution in [3.05, 3.63) is 29.8 Å². The summed E-state index contributed by atoms with van der Waals surface area (Å²) in [4.78, 5) is 21.8. The van der Waals surface area contributed by atoms with Crippen LogP contribution >= 0.6 is 0 Å². The number of hydrogen-bond donors (Lipinski definition) is 2. The molecule has 0 spiro atoms. The maximum Gasteiger partial charge on any atom is 0.309 e. The van der Waals surface area contributed by atoms with E-state index in [9.17, 15) is 26.8 Å². The molecule has 1 fully saturated rings. The number of hydrogen-bond acceptors (Lipinski definition) is 5. The summed E-state index contributed by atoms with van der Waals surface area (Å²) in [5.41, 5.74) is 0. The zero-order valence-electron chi connectivity index (χ0n) is 13.3. The molecule has 2 N–H and O–H groups in total. The van der Waals surface area contributed by atoms with Crippen molar-refractivity contribution in [1.29, 1.82) is 0 Å². The van der Waals surface area contributed by atoms with E-state index < -0.39 is 44.6 Å². The number of amides is 2. The summed E-state index contributed by atoms with van der Waals surface area (Å²) in [5, 5.41) is 4.35. The van der Waals surface area contributed by atoms with Crippen LogP contribution in [0.4, 0.5) is 8.78 Å². The number of ether oxygens (including phenoxy) is 1. The molecule has 8 nitrogen and oxygen atoms in total. The van der Waals surface area contributed by atoms with Gasteiger partial charge in [0.15, 0.2) is 0 Å². The molecule has 1 aliphatic rings. The monoisotopic (exact) mass is 377 g/mol. The molecule has 1 aliphatic heterocycles. The Morgan fingerprint density at radius 3 is 2.72 bits per heavy atom. The van der Waals surface area contributed by atoms with E-state index in [1.165, 1.54) is 7.05 Å². The summed E-state index contributed by atoms with van der Waals surface area (Å²) in [6.07, 6.45) is -0.800. The van der Waals surface area contributed by atoms with Crippen molar-refractivity contribution in [1.82, 2.24) is 14.9 Å².